The number of benzene rings is 1. The molecular formula is C23H27ClN4O3. The monoisotopic (exact) mass is 442 g/mol. The predicted octanol–water partition coefficient (Wildman–Crippen LogP) is 1.83. The number of fused-ring (bicyclic) bond motifs is 1. The van der Waals surface area contributed by atoms with Gasteiger partial charge in [0.15, 0.2) is 0 Å². The van der Waals surface area contributed by atoms with Gasteiger partial charge >= 0.3 is 0 Å². The van der Waals surface area contributed by atoms with E-state index in [4.69, 9.17) is 0 Å². The molecule has 4 rings (SSSR count). The first-order valence-electron chi connectivity index (χ1n) is 10.3. The van der Waals surface area contributed by atoms with Crippen molar-refractivity contribution in [2.24, 2.45) is 0 Å². The van der Waals surface area contributed by atoms with Crippen LogP contribution in [0.5, 0.6) is 0 Å². The molecule has 0 radical (unpaired) electrons. The standard InChI is InChI=1S/C23H26N4O3.ClH/c1-17-4-2-3-5-19(17)14-21(28)25-11-8-20-23(30)26(15-18-6-9-24-10-7-18)16-22(29)27(20)13-12-25;/h2-7,9-10,20H,8,11-16H2,1H3;1H. The number of hydrogen-bond acceptors (Lipinski definition) is 4. The highest BCUT2D eigenvalue weighted by atomic mass is 35.5. The number of carbonyl (C=O) groups is 3. The van der Waals surface area contributed by atoms with Crippen LogP contribution in [0.15, 0.2) is 48.8 Å². The molecule has 3 amide bonds. The van der Waals surface area contributed by atoms with Crippen LogP contribution in [0, 0.1) is 6.92 Å². The van der Waals surface area contributed by atoms with Crippen molar-refractivity contribution in [1.29, 1.82) is 0 Å². The lowest BCUT2D eigenvalue weighted by Crippen LogP contribution is -2.59. The van der Waals surface area contributed by atoms with Crippen molar-refractivity contribution in [2.75, 3.05) is 26.2 Å². The van der Waals surface area contributed by atoms with Crippen LogP contribution in [0.4, 0.5) is 0 Å². The lowest BCUT2D eigenvalue weighted by molar-refractivity contribution is -0.156. The van der Waals surface area contributed by atoms with Gasteiger partial charge in [-0.15, -0.1) is 12.4 Å². The molecule has 1 atom stereocenters. The number of pyridine rings is 1. The minimum Gasteiger partial charge on any atom is -0.341 e. The molecular weight excluding hydrogens is 416 g/mol. The Hall–Kier alpha value is -2.93. The van der Waals surface area contributed by atoms with Crippen LogP contribution < -0.4 is 0 Å². The van der Waals surface area contributed by atoms with Gasteiger partial charge in [0.1, 0.15) is 12.6 Å². The van der Waals surface area contributed by atoms with E-state index in [9.17, 15) is 14.4 Å². The smallest absolute Gasteiger partial charge is 0.246 e. The normalized spacial score (nSPS) is 18.9. The molecule has 1 aromatic heterocycles. The molecule has 0 spiro atoms. The Bertz CT molecular complexity index is 953. The van der Waals surface area contributed by atoms with Crippen molar-refractivity contribution in [3.63, 3.8) is 0 Å². The maximum Gasteiger partial charge on any atom is 0.246 e. The Kier molecular flexibility index (Phi) is 7.28. The van der Waals surface area contributed by atoms with Crippen molar-refractivity contribution < 1.29 is 14.4 Å². The molecule has 7 nitrogen and oxygen atoms in total. The van der Waals surface area contributed by atoms with Crippen molar-refractivity contribution in [3.05, 3.63) is 65.5 Å². The summed E-state index contributed by atoms with van der Waals surface area (Å²) in [7, 11) is 0. The number of aromatic nitrogens is 1. The molecule has 2 aliphatic rings. The first-order valence-corrected chi connectivity index (χ1v) is 10.3. The molecule has 31 heavy (non-hydrogen) atoms. The summed E-state index contributed by atoms with van der Waals surface area (Å²) in [6.45, 7) is 3.82. The number of halogens is 1. The van der Waals surface area contributed by atoms with Crippen LogP contribution in [0.25, 0.3) is 0 Å². The van der Waals surface area contributed by atoms with E-state index in [1.165, 1.54) is 0 Å². The van der Waals surface area contributed by atoms with E-state index in [0.29, 0.717) is 39.0 Å². The fourth-order valence-electron chi connectivity index (χ4n) is 4.20. The summed E-state index contributed by atoms with van der Waals surface area (Å²) in [5.74, 6) is -0.0563. The molecule has 164 valence electrons. The molecule has 2 saturated heterocycles. The average Bonchev–Trinajstić information content (AvgIpc) is 2.98. The van der Waals surface area contributed by atoms with Crippen molar-refractivity contribution in [1.82, 2.24) is 19.7 Å². The Balaban J connectivity index is 0.00000272. The number of piperazine rings is 1. The fourth-order valence-corrected chi connectivity index (χ4v) is 4.20. The molecule has 2 aliphatic heterocycles. The largest absolute Gasteiger partial charge is 0.341 e. The molecule has 0 saturated carbocycles. The van der Waals surface area contributed by atoms with E-state index in [0.717, 1.165) is 16.7 Å². The minimum absolute atomic E-state index is 0. The second-order valence-electron chi connectivity index (χ2n) is 7.93. The Morgan fingerprint density at radius 2 is 1.81 bits per heavy atom. The van der Waals surface area contributed by atoms with Crippen LogP contribution >= 0.6 is 12.4 Å². The third-order valence-corrected chi connectivity index (χ3v) is 5.98. The molecule has 0 aliphatic carbocycles. The highest BCUT2D eigenvalue weighted by Crippen LogP contribution is 2.21. The number of rotatable bonds is 4. The molecule has 3 heterocycles. The van der Waals surface area contributed by atoms with Gasteiger partial charge < -0.3 is 14.7 Å². The lowest BCUT2D eigenvalue weighted by Gasteiger charge is -2.39. The molecule has 1 aromatic carbocycles. The Morgan fingerprint density at radius 1 is 1.06 bits per heavy atom. The maximum absolute atomic E-state index is 13.1. The summed E-state index contributed by atoms with van der Waals surface area (Å²) in [4.78, 5) is 47.8. The number of carbonyl (C=O) groups excluding carboxylic acids is 3. The van der Waals surface area contributed by atoms with Gasteiger partial charge in [0.25, 0.3) is 0 Å². The van der Waals surface area contributed by atoms with Crippen molar-refractivity contribution >= 4 is 30.1 Å². The summed E-state index contributed by atoms with van der Waals surface area (Å²) in [5, 5.41) is 0. The topological polar surface area (TPSA) is 73.8 Å². The summed E-state index contributed by atoms with van der Waals surface area (Å²) in [5.41, 5.74) is 3.05. The summed E-state index contributed by atoms with van der Waals surface area (Å²) >= 11 is 0. The van der Waals surface area contributed by atoms with E-state index < -0.39 is 6.04 Å². The zero-order valence-corrected chi connectivity index (χ0v) is 18.4. The van der Waals surface area contributed by atoms with Crippen LogP contribution in [0.1, 0.15) is 23.1 Å². The summed E-state index contributed by atoms with van der Waals surface area (Å²) in [6, 6.07) is 11.1. The maximum atomic E-state index is 13.1. The number of nitrogens with zero attached hydrogens (tertiary/aromatic N) is 4. The Labute approximate surface area is 188 Å². The molecule has 2 aromatic rings. The van der Waals surface area contributed by atoms with E-state index in [2.05, 4.69) is 4.98 Å². The van der Waals surface area contributed by atoms with Gasteiger partial charge in [-0.05, 0) is 42.2 Å². The van der Waals surface area contributed by atoms with Gasteiger partial charge in [0, 0.05) is 38.6 Å². The van der Waals surface area contributed by atoms with Crippen LogP contribution in [0.2, 0.25) is 0 Å². The van der Waals surface area contributed by atoms with Gasteiger partial charge in [-0.25, -0.2) is 0 Å². The SMILES string of the molecule is Cc1ccccc1CC(=O)N1CCC2C(=O)N(Cc3ccncc3)CC(=O)N2CC1.Cl. The van der Waals surface area contributed by atoms with Gasteiger partial charge in [0.2, 0.25) is 17.7 Å². The van der Waals surface area contributed by atoms with Crippen molar-refractivity contribution in [2.45, 2.75) is 32.4 Å². The Morgan fingerprint density at radius 3 is 2.55 bits per heavy atom. The third-order valence-electron chi connectivity index (χ3n) is 5.98. The molecule has 1 unspecified atom stereocenters. The summed E-state index contributed by atoms with van der Waals surface area (Å²) in [6.07, 6.45) is 4.17. The number of aryl methyl sites for hydroxylation is 1. The van der Waals surface area contributed by atoms with E-state index in [1.807, 2.05) is 43.3 Å². The van der Waals surface area contributed by atoms with E-state index >= 15 is 0 Å². The first-order chi connectivity index (χ1) is 14.5. The number of hydrogen-bond donors (Lipinski definition) is 0. The highest BCUT2D eigenvalue weighted by Gasteiger charge is 2.41. The summed E-state index contributed by atoms with van der Waals surface area (Å²) < 4.78 is 0. The molecule has 0 bridgehead atoms. The average molecular weight is 443 g/mol. The molecule has 8 heteroatoms. The van der Waals surface area contributed by atoms with Crippen LogP contribution in [0.3, 0.4) is 0 Å². The van der Waals surface area contributed by atoms with E-state index in [1.54, 1.807) is 27.1 Å². The second kappa shape index (κ2) is 9.92. The van der Waals surface area contributed by atoms with E-state index in [-0.39, 0.29) is 36.7 Å². The molecule has 2 fully saturated rings. The molecule has 0 N–H and O–H groups in total. The number of amides is 3. The van der Waals surface area contributed by atoms with Gasteiger partial charge in [0.05, 0.1) is 6.42 Å². The van der Waals surface area contributed by atoms with Crippen LogP contribution in [-0.4, -0.2) is 69.6 Å². The van der Waals surface area contributed by atoms with Crippen LogP contribution in [-0.2, 0) is 27.3 Å². The van der Waals surface area contributed by atoms with Gasteiger partial charge in [-0.2, -0.15) is 0 Å². The van der Waals surface area contributed by atoms with Crippen molar-refractivity contribution in [3.8, 4) is 0 Å². The zero-order chi connectivity index (χ0) is 21.1. The lowest BCUT2D eigenvalue weighted by atomic mass is 10.0. The minimum atomic E-state index is -0.496. The third kappa shape index (κ3) is 5.05. The quantitative estimate of drug-likeness (QED) is 0.724. The second-order valence-corrected chi connectivity index (χ2v) is 7.93. The van der Waals surface area contributed by atoms with Gasteiger partial charge in [-0.1, -0.05) is 24.3 Å². The fraction of sp³-hybridized carbons (Fsp3) is 0.391. The highest BCUT2D eigenvalue weighted by molar-refractivity contribution is 5.95. The predicted molar refractivity (Wildman–Crippen MR) is 118 cm³/mol. The first kappa shape index (κ1) is 22.7. The zero-order valence-electron chi connectivity index (χ0n) is 17.6. The van der Waals surface area contributed by atoms with Gasteiger partial charge in [-0.3, -0.25) is 19.4 Å².